The molecule has 29 heavy (non-hydrogen) atoms. The third-order valence-electron chi connectivity index (χ3n) is 8.48. The van der Waals surface area contributed by atoms with E-state index in [1.165, 1.54) is 29.3 Å². The molecule has 1 N–H and O–H groups in total. The third kappa shape index (κ3) is 2.60. The van der Waals surface area contributed by atoms with Gasteiger partial charge in [0.1, 0.15) is 5.82 Å². The van der Waals surface area contributed by atoms with Crippen molar-refractivity contribution >= 4 is 11.3 Å². The first-order valence-electron chi connectivity index (χ1n) is 10.8. The molecule has 1 heterocycles. The molecule has 5 unspecified atom stereocenters. The molecule has 3 nitrogen and oxygen atoms in total. The topological polar surface area (TPSA) is 45.5 Å². The summed E-state index contributed by atoms with van der Waals surface area (Å²) in [6, 6.07) is 1.62. The fourth-order valence-corrected chi connectivity index (χ4v) is 7.04. The number of fused-ring (bicyclic) bond motifs is 5. The molecule has 4 heteroatoms. The highest BCUT2D eigenvalue weighted by atomic mass is 19.1. The van der Waals surface area contributed by atoms with E-state index >= 15 is 0 Å². The summed E-state index contributed by atoms with van der Waals surface area (Å²) in [6.45, 7) is 7.10. The molecule has 5 atom stereocenters. The van der Waals surface area contributed by atoms with Gasteiger partial charge in [0, 0.05) is 11.6 Å². The van der Waals surface area contributed by atoms with E-state index in [-0.39, 0.29) is 16.6 Å². The van der Waals surface area contributed by atoms with Crippen LogP contribution in [0.1, 0.15) is 58.4 Å². The molecule has 4 aliphatic rings. The number of pyridine rings is 1. The van der Waals surface area contributed by atoms with Gasteiger partial charge in [0.2, 0.25) is 0 Å². The van der Waals surface area contributed by atoms with Crippen LogP contribution < -0.4 is 0 Å². The number of hydrogen-bond acceptors (Lipinski definition) is 3. The smallest absolute Gasteiger partial charge is 0.142 e. The molecule has 0 spiro atoms. The highest BCUT2D eigenvalue weighted by Crippen LogP contribution is 2.66. The lowest BCUT2D eigenvalue weighted by molar-refractivity contribution is 0.0532. The predicted molar refractivity (Wildman–Crippen MR) is 113 cm³/mol. The lowest BCUT2D eigenvalue weighted by Crippen LogP contribution is -2.49. The number of halogens is 1. The summed E-state index contributed by atoms with van der Waals surface area (Å²) < 4.78 is 13.8. The fraction of sp³-hybridized carbons (Fsp3) is 0.520. The Bertz CT molecular complexity index is 990. The van der Waals surface area contributed by atoms with Gasteiger partial charge in [-0.1, -0.05) is 49.2 Å². The van der Waals surface area contributed by atoms with Crippen molar-refractivity contribution < 1.29 is 9.60 Å². The standard InChI is InChI=1S/C25H29FN2O/c1-15-10-19-21-5-4-20(16-11-17(26)14-27-13-16)24(21,2)9-7-22(19)25(3)8-6-18(28-29)12-23(15)25/h4-5,11-15,19,22,29H,6-10H2,1-3H3/b28-18+. The first-order valence-corrected chi connectivity index (χ1v) is 10.8. The molecule has 0 aromatic carbocycles. The van der Waals surface area contributed by atoms with Crippen LogP contribution in [0, 0.1) is 34.4 Å². The second kappa shape index (κ2) is 6.38. The van der Waals surface area contributed by atoms with Gasteiger partial charge in [-0.15, -0.1) is 0 Å². The van der Waals surface area contributed by atoms with Crippen LogP contribution in [0.2, 0.25) is 0 Å². The Kier molecular flexibility index (Phi) is 4.13. The van der Waals surface area contributed by atoms with Crippen molar-refractivity contribution in [1.82, 2.24) is 4.98 Å². The van der Waals surface area contributed by atoms with Crippen molar-refractivity contribution in [2.24, 2.45) is 33.7 Å². The van der Waals surface area contributed by atoms with Gasteiger partial charge in [-0.25, -0.2) is 4.39 Å². The van der Waals surface area contributed by atoms with E-state index in [0.29, 0.717) is 17.8 Å². The summed E-state index contributed by atoms with van der Waals surface area (Å²) in [4.78, 5) is 4.09. The predicted octanol–water partition coefficient (Wildman–Crippen LogP) is 6.17. The van der Waals surface area contributed by atoms with E-state index in [2.05, 4.69) is 49.1 Å². The Balaban J connectivity index is 1.51. The Morgan fingerprint density at radius 2 is 2.00 bits per heavy atom. The molecule has 5 rings (SSSR count). The number of nitrogens with zero attached hydrogens (tertiary/aromatic N) is 2. The van der Waals surface area contributed by atoms with Crippen LogP contribution in [0.5, 0.6) is 0 Å². The summed E-state index contributed by atoms with van der Waals surface area (Å²) >= 11 is 0. The van der Waals surface area contributed by atoms with Crippen molar-refractivity contribution in [3.63, 3.8) is 0 Å². The van der Waals surface area contributed by atoms with Gasteiger partial charge in [-0.05, 0) is 78.6 Å². The molecule has 2 saturated carbocycles. The molecule has 0 bridgehead atoms. The molecule has 1 aromatic rings. The van der Waals surface area contributed by atoms with E-state index in [9.17, 15) is 9.60 Å². The van der Waals surface area contributed by atoms with Gasteiger partial charge in [0.15, 0.2) is 0 Å². The molecule has 0 radical (unpaired) electrons. The van der Waals surface area contributed by atoms with Crippen molar-refractivity contribution in [3.8, 4) is 0 Å². The minimum atomic E-state index is -0.272. The lowest BCUT2D eigenvalue weighted by atomic mass is 9.46. The average Bonchev–Trinajstić information content (AvgIpc) is 3.05. The van der Waals surface area contributed by atoms with Crippen molar-refractivity contribution in [2.75, 3.05) is 0 Å². The average molecular weight is 393 g/mol. The number of aromatic nitrogens is 1. The minimum Gasteiger partial charge on any atom is -0.411 e. The van der Waals surface area contributed by atoms with Gasteiger partial charge in [0.05, 0.1) is 11.9 Å². The zero-order valence-corrected chi connectivity index (χ0v) is 17.5. The normalized spacial score (nSPS) is 39.8. The molecule has 0 aliphatic heterocycles. The SMILES string of the molecule is CC1CC2C3=CC=C(c4cncc(F)c4)C3(C)CCC2C2(C)CC/C(=N\O)C=C12. The number of oxime groups is 1. The number of hydrogen-bond donors (Lipinski definition) is 1. The number of allylic oxidation sites excluding steroid dienone is 6. The zero-order valence-electron chi connectivity index (χ0n) is 17.5. The van der Waals surface area contributed by atoms with Crippen molar-refractivity contribution in [3.05, 3.63) is 59.2 Å². The van der Waals surface area contributed by atoms with Crippen LogP contribution in [0.15, 0.2) is 53.0 Å². The number of rotatable bonds is 1. The maximum absolute atomic E-state index is 13.8. The van der Waals surface area contributed by atoms with Crippen LogP contribution in [-0.2, 0) is 0 Å². The van der Waals surface area contributed by atoms with Gasteiger partial charge in [-0.3, -0.25) is 4.98 Å². The van der Waals surface area contributed by atoms with Gasteiger partial charge in [0.25, 0.3) is 0 Å². The summed E-state index contributed by atoms with van der Waals surface area (Å²) in [5, 5.41) is 12.8. The molecule has 0 saturated heterocycles. The van der Waals surface area contributed by atoms with Gasteiger partial charge < -0.3 is 5.21 Å². The third-order valence-corrected chi connectivity index (χ3v) is 8.48. The van der Waals surface area contributed by atoms with E-state index in [1.54, 1.807) is 12.3 Å². The van der Waals surface area contributed by atoms with Crippen LogP contribution in [-0.4, -0.2) is 15.9 Å². The molecular formula is C25H29FN2O. The quantitative estimate of drug-likeness (QED) is 0.459. The minimum absolute atomic E-state index is 0.0275. The van der Waals surface area contributed by atoms with Gasteiger partial charge >= 0.3 is 0 Å². The molecule has 2 fully saturated rings. The molecule has 1 aromatic heterocycles. The molecule has 4 aliphatic carbocycles. The van der Waals surface area contributed by atoms with Crippen molar-refractivity contribution in [2.45, 2.75) is 52.9 Å². The first-order chi connectivity index (χ1) is 13.9. The maximum Gasteiger partial charge on any atom is 0.142 e. The second-order valence-electron chi connectivity index (χ2n) is 9.92. The van der Waals surface area contributed by atoms with Crippen molar-refractivity contribution in [1.29, 1.82) is 0 Å². The highest BCUT2D eigenvalue weighted by molar-refractivity contribution is 5.96. The fourth-order valence-electron chi connectivity index (χ4n) is 7.04. The second-order valence-corrected chi connectivity index (χ2v) is 9.92. The maximum atomic E-state index is 13.8. The van der Waals surface area contributed by atoms with E-state index < -0.39 is 0 Å². The Hall–Kier alpha value is -2.23. The zero-order chi connectivity index (χ0) is 20.4. The van der Waals surface area contributed by atoms with E-state index in [0.717, 1.165) is 37.0 Å². The van der Waals surface area contributed by atoms with E-state index in [4.69, 9.17) is 0 Å². The first kappa shape index (κ1) is 18.8. The largest absolute Gasteiger partial charge is 0.411 e. The summed E-state index contributed by atoms with van der Waals surface area (Å²) in [6.07, 6.45) is 15.1. The molecule has 152 valence electrons. The van der Waals surface area contributed by atoms with Gasteiger partial charge in [-0.2, -0.15) is 0 Å². The van der Waals surface area contributed by atoms with E-state index in [1.807, 2.05) is 0 Å². The molecule has 0 amide bonds. The van der Waals surface area contributed by atoms with Crippen LogP contribution in [0.25, 0.3) is 5.57 Å². The summed E-state index contributed by atoms with van der Waals surface area (Å²) in [5.74, 6) is 1.37. The molecular weight excluding hydrogens is 363 g/mol. The van der Waals surface area contributed by atoms with Crippen LogP contribution in [0.4, 0.5) is 4.39 Å². The monoisotopic (exact) mass is 392 g/mol. The van der Waals surface area contributed by atoms with Crippen LogP contribution >= 0.6 is 0 Å². The van der Waals surface area contributed by atoms with Crippen LogP contribution in [0.3, 0.4) is 0 Å². The summed E-state index contributed by atoms with van der Waals surface area (Å²) in [7, 11) is 0. The Morgan fingerprint density at radius 1 is 1.17 bits per heavy atom. The summed E-state index contributed by atoms with van der Waals surface area (Å²) in [5.41, 5.74) is 6.10. The highest BCUT2D eigenvalue weighted by Gasteiger charge is 2.56. The lowest BCUT2D eigenvalue weighted by Gasteiger charge is -2.57. The Labute approximate surface area is 172 Å². The Morgan fingerprint density at radius 3 is 2.76 bits per heavy atom.